The number of ether oxygens (including phenoxy) is 2. The highest BCUT2D eigenvalue weighted by Crippen LogP contribution is 2.25. The van der Waals surface area contributed by atoms with Gasteiger partial charge in [-0.05, 0) is 57.2 Å². The predicted molar refractivity (Wildman–Crippen MR) is 113 cm³/mol. The minimum absolute atomic E-state index is 0.00402. The number of carbonyl (C=O) groups is 1. The minimum atomic E-state index is -0.308. The van der Waals surface area contributed by atoms with Gasteiger partial charge in [0.05, 0.1) is 24.0 Å². The van der Waals surface area contributed by atoms with Crippen LogP contribution in [0.2, 0.25) is 0 Å². The number of anilines is 3. The zero-order chi connectivity index (χ0) is 20.6. The fourth-order valence-electron chi connectivity index (χ4n) is 2.56. The van der Waals surface area contributed by atoms with Crippen molar-refractivity contribution in [1.82, 2.24) is 9.97 Å². The molecule has 7 nitrogen and oxygen atoms in total. The molecule has 7 heteroatoms. The summed E-state index contributed by atoms with van der Waals surface area (Å²) in [7, 11) is 0. The zero-order valence-corrected chi connectivity index (χ0v) is 16.7. The van der Waals surface area contributed by atoms with E-state index in [1.807, 2.05) is 63.2 Å². The Balaban J connectivity index is 1.65. The summed E-state index contributed by atoms with van der Waals surface area (Å²) in [4.78, 5) is 21.0. The second kappa shape index (κ2) is 9.54. The molecule has 1 aromatic heterocycles. The number of rotatable bonds is 8. The Bertz CT molecular complexity index is 941. The van der Waals surface area contributed by atoms with E-state index >= 15 is 0 Å². The number of hydrogen-bond acceptors (Lipinski definition) is 6. The molecular formula is C22H24N4O3. The van der Waals surface area contributed by atoms with Crippen molar-refractivity contribution in [2.45, 2.75) is 26.9 Å². The van der Waals surface area contributed by atoms with Gasteiger partial charge >= 0.3 is 0 Å². The van der Waals surface area contributed by atoms with Crippen molar-refractivity contribution in [3.63, 3.8) is 0 Å². The fraction of sp³-hybridized carbons (Fsp3) is 0.227. The summed E-state index contributed by atoms with van der Waals surface area (Å²) in [5, 5.41) is 5.93. The first kappa shape index (κ1) is 20.1. The molecule has 0 bridgehead atoms. The smallest absolute Gasteiger partial charge is 0.258 e. The number of nitrogens with zero attached hydrogens (tertiary/aromatic N) is 2. The lowest BCUT2D eigenvalue weighted by Gasteiger charge is -2.14. The van der Waals surface area contributed by atoms with E-state index in [2.05, 4.69) is 20.6 Å². The molecule has 3 rings (SSSR count). The maximum atomic E-state index is 12.5. The molecule has 2 N–H and O–H groups in total. The van der Waals surface area contributed by atoms with E-state index < -0.39 is 0 Å². The number of hydrogen-bond donors (Lipinski definition) is 2. The lowest BCUT2D eigenvalue weighted by molar-refractivity contribution is 0.102. The molecule has 0 spiro atoms. The monoisotopic (exact) mass is 392 g/mol. The van der Waals surface area contributed by atoms with Gasteiger partial charge in [-0.25, -0.2) is 9.97 Å². The second-order valence-corrected chi connectivity index (χ2v) is 6.49. The van der Waals surface area contributed by atoms with Crippen LogP contribution in [-0.2, 0) is 0 Å². The number of carbonyl (C=O) groups excluding carboxylic acids is 1. The normalized spacial score (nSPS) is 10.5. The van der Waals surface area contributed by atoms with E-state index in [4.69, 9.17) is 9.47 Å². The number of aromatic nitrogens is 2. The van der Waals surface area contributed by atoms with Gasteiger partial charge in [0, 0.05) is 18.1 Å². The molecule has 29 heavy (non-hydrogen) atoms. The first-order chi connectivity index (χ1) is 14.0. The van der Waals surface area contributed by atoms with Crippen molar-refractivity contribution in [3.8, 4) is 11.5 Å². The van der Waals surface area contributed by atoms with Crippen LogP contribution < -0.4 is 20.1 Å². The van der Waals surface area contributed by atoms with Gasteiger partial charge in [-0.1, -0.05) is 12.1 Å². The molecule has 0 saturated carbocycles. The van der Waals surface area contributed by atoms with Gasteiger partial charge in [0.2, 0.25) is 5.95 Å². The van der Waals surface area contributed by atoms with E-state index in [0.717, 1.165) is 11.4 Å². The van der Waals surface area contributed by atoms with Crippen molar-refractivity contribution in [1.29, 1.82) is 0 Å². The van der Waals surface area contributed by atoms with Crippen LogP contribution in [0.1, 0.15) is 31.1 Å². The predicted octanol–water partition coefficient (Wildman–Crippen LogP) is 4.66. The van der Waals surface area contributed by atoms with Crippen LogP contribution in [0.4, 0.5) is 17.3 Å². The maximum Gasteiger partial charge on any atom is 0.258 e. The minimum Gasteiger partial charge on any atom is -0.494 e. The average molecular weight is 392 g/mol. The Morgan fingerprint density at radius 2 is 1.72 bits per heavy atom. The standard InChI is InChI=1S/C22H24N4O3/c1-4-28-18-11-9-17(10-12-18)25-22-23-13-16(14-24-22)21(27)26-19-7-5-6-8-20(19)29-15(2)3/h5-15H,4H2,1-3H3,(H,26,27)(H,23,24,25). The summed E-state index contributed by atoms with van der Waals surface area (Å²) >= 11 is 0. The largest absolute Gasteiger partial charge is 0.494 e. The summed E-state index contributed by atoms with van der Waals surface area (Å²) in [6.45, 7) is 6.42. The highest BCUT2D eigenvalue weighted by Gasteiger charge is 2.12. The molecule has 150 valence electrons. The lowest BCUT2D eigenvalue weighted by atomic mass is 10.2. The first-order valence-electron chi connectivity index (χ1n) is 9.44. The molecule has 2 aromatic carbocycles. The van der Waals surface area contributed by atoms with Crippen molar-refractivity contribution in [3.05, 3.63) is 66.5 Å². The summed E-state index contributed by atoms with van der Waals surface area (Å²) in [6.07, 6.45) is 2.96. The molecular weight excluding hydrogens is 368 g/mol. The van der Waals surface area contributed by atoms with E-state index in [9.17, 15) is 4.79 Å². The molecule has 1 amide bonds. The molecule has 1 heterocycles. The van der Waals surface area contributed by atoms with Crippen LogP contribution >= 0.6 is 0 Å². The third kappa shape index (κ3) is 5.68. The van der Waals surface area contributed by atoms with Gasteiger partial charge in [0.1, 0.15) is 11.5 Å². The highest BCUT2D eigenvalue weighted by atomic mass is 16.5. The van der Waals surface area contributed by atoms with E-state index in [1.54, 1.807) is 6.07 Å². The molecule has 0 unspecified atom stereocenters. The van der Waals surface area contributed by atoms with Gasteiger partial charge in [0.15, 0.2) is 0 Å². The van der Waals surface area contributed by atoms with Crippen LogP contribution in [0.15, 0.2) is 60.9 Å². The van der Waals surface area contributed by atoms with Crippen molar-refractivity contribution in [2.24, 2.45) is 0 Å². The van der Waals surface area contributed by atoms with Crippen molar-refractivity contribution < 1.29 is 14.3 Å². The number of nitrogens with one attached hydrogen (secondary N) is 2. The highest BCUT2D eigenvalue weighted by molar-refractivity contribution is 6.04. The Labute approximate surface area is 170 Å². The van der Waals surface area contributed by atoms with E-state index in [1.165, 1.54) is 12.4 Å². The topological polar surface area (TPSA) is 85.4 Å². The quantitative estimate of drug-likeness (QED) is 0.580. The Morgan fingerprint density at radius 3 is 2.38 bits per heavy atom. The molecule has 0 saturated heterocycles. The molecule has 0 radical (unpaired) electrons. The number of benzene rings is 2. The molecule has 3 aromatic rings. The van der Waals surface area contributed by atoms with Gasteiger partial charge in [-0.3, -0.25) is 4.79 Å². The maximum absolute atomic E-state index is 12.5. The van der Waals surface area contributed by atoms with Crippen LogP contribution in [0.5, 0.6) is 11.5 Å². The Hall–Kier alpha value is -3.61. The summed E-state index contributed by atoms with van der Waals surface area (Å²) in [5.74, 6) is 1.50. The molecule has 0 atom stereocenters. The van der Waals surface area contributed by atoms with E-state index in [-0.39, 0.29) is 12.0 Å². The molecule has 0 aliphatic rings. The zero-order valence-electron chi connectivity index (χ0n) is 16.7. The van der Waals surface area contributed by atoms with Crippen LogP contribution in [0.25, 0.3) is 0 Å². The summed E-state index contributed by atoms with van der Waals surface area (Å²) in [5.41, 5.74) is 1.77. The summed E-state index contributed by atoms with van der Waals surface area (Å²) < 4.78 is 11.1. The number of amides is 1. The molecule has 0 fully saturated rings. The third-order valence-corrected chi connectivity index (χ3v) is 3.83. The van der Waals surface area contributed by atoms with Gasteiger partial charge in [-0.2, -0.15) is 0 Å². The third-order valence-electron chi connectivity index (χ3n) is 3.83. The second-order valence-electron chi connectivity index (χ2n) is 6.49. The fourth-order valence-corrected chi connectivity index (χ4v) is 2.56. The molecule has 0 aliphatic carbocycles. The van der Waals surface area contributed by atoms with Crippen molar-refractivity contribution >= 4 is 23.2 Å². The Kier molecular flexibility index (Phi) is 6.63. The van der Waals surface area contributed by atoms with Crippen molar-refractivity contribution in [2.75, 3.05) is 17.2 Å². The van der Waals surface area contributed by atoms with Gasteiger partial charge < -0.3 is 20.1 Å². The SMILES string of the molecule is CCOc1ccc(Nc2ncc(C(=O)Nc3ccccc3OC(C)C)cn2)cc1. The van der Waals surface area contributed by atoms with Gasteiger partial charge in [-0.15, -0.1) is 0 Å². The lowest BCUT2D eigenvalue weighted by Crippen LogP contribution is -2.15. The summed E-state index contributed by atoms with van der Waals surface area (Å²) in [6, 6.07) is 14.8. The molecule has 0 aliphatic heterocycles. The van der Waals surface area contributed by atoms with Crippen LogP contribution in [-0.4, -0.2) is 28.6 Å². The first-order valence-corrected chi connectivity index (χ1v) is 9.44. The Morgan fingerprint density at radius 1 is 1.03 bits per heavy atom. The average Bonchev–Trinajstić information content (AvgIpc) is 2.71. The van der Waals surface area contributed by atoms with Gasteiger partial charge in [0.25, 0.3) is 5.91 Å². The number of para-hydroxylation sites is 2. The van der Waals surface area contributed by atoms with Crippen LogP contribution in [0, 0.1) is 0 Å². The van der Waals surface area contributed by atoms with E-state index in [0.29, 0.717) is 29.6 Å². The van der Waals surface area contributed by atoms with Crippen LogP contribution in [0.3, 0.4) is 0 Å².